The summed E-state index contributed by atoms with van der Waals surface area (Å²) >= 11 is 1.86. The topological polar surface area (TPSA) is 3.24 Å². The van der Waals surface area contributed by atoms with E-state index in [1.54, 1.807) is 0 Å². The number of hydrogen-bond acceptors (Lipinski definition) is 2. The van der Waals surface area contributed by atoms with E-state index >= 15 is 0 Å². The molecule has 9 aromatic rings. The van der Waals surface area contributed by atoms with Crippen molar-refractivity contribution in [1.82, 2.24) is 0 Å². The average Bonchev–Trinajstić information content (AvgIpc) is 3.57. The molecule has 0 aliphatic heterocycles. The highest BCUT2D eigenvalue weighted by atomic mass is 32.1. The maximum absolute atomic E-state index is 2.44. The van der Waals surface area contributed by atoms with Gasteiger partial charge in [-0.05, 0) is 75.3 Å². The molecule has 9 rings (SSSR count). The van der Waals surface area contributed by atoms with Crippen molar-refractivity contribution in [3.05, 3.63) is 200 Å². The van der Waals surface area contributed by atoms with Crippen LogP contribution in [0.3, 0.4) is 0 Å². The Morgan fingerprint density at radius 1 is 0.320 bits per heavy atom. The van der Waals surface area contributed by atoms with E-state index < -0.39 is 0 Å². The van der Waals surface area contributed by atoms with Crippen molar-refractivity contribution in [1.29, 1.82) is 0 Å². The van der Waals surface area contributed by atoms with Crippen LogP contribution in [0.5, 0.6) is 0 Å². The fraction of sp³-hybridized carbons (Fsp3) is 0. The lowest BCUT2D eigenvalue weighted by Gasteiger charge is -2.29. The first-order valence-electron chi connectivity index (χ1n) is 17.0. The number of hydrogen-bond donors (Lipinski definition) is 0. The van der Waals surface area contributed by atoms with Crippen molar-refractivity contribution >= 4 is 48.6 Å². The summed E-state index contributed by atoms with van der Waals surface area (Å²) in [4.78, 5) is 2.44. The van der Waals surface area contributed by atoms with E-state index in [4.69, 9.17) is 0 Å². The number of fused-ring (bicyclic) bond motifs is 3. The Bertz CT molecular complexity index is 2550. The zero-order chi connectivity index (χ0) is 33.3. The van der Waals surface area contributed by atoms with Crippen molar-refractivity contribution in [2.75, 3.05) is 4.90 Å². The first-order valence-corrected chi connectivity index (χ1v) is 17.8. The molecule has 0 atom stereocenters. The molecule has 0 fully saturated rings. The third-order valence-electron chi connectivity index (χ3n) is 9.50. The number of anilines is 3. The van der Waals surface area contributed by atoms with Crippen molar-refractivity contribution in [3.8, 4) is 44.5 Å². The lowest BCUT2D eigenvalue weighted by atomic mass is 9.91. The van der Waals surface area contributed by atoms with Crippen LogP contribution < -0.4 is 4.90 Å². The molecule has 1 aromatic heterocycles. The Kier molecular flexibility index (Phi) is 7.77. The second-order valence-corrected chi connectivity index (χ2v) is 13.6. The molecule has 0 N–H and O–H groups in total. The van der Waals surface area contributed by atoms with Crippen LogP contribution >= 0.6 is 11.3 Å². The van der Waals surface area contributed by atoms with Crippen molar-refractivity contribution in [2.24, 2.45) is 0 Å². The average molecular weight is 656 g/mol. The third-order valence-corrected chi connectivity index (χ3v) is 10.6. The zero-order valence-corrected chi connectivity index (χ0v) is 28.2. The number of benzene rings is 8. The summed E-state index contributed by atoms with van der Waals surface area (Å²) in [5, 5.41) is 2.60. The Morgan fingerprint density at radius 3 is 1.48 bits per heavy atom. The molecule has 50 heavy (non-hydrogen) atoms. The fourth-order valence-corrected chi connectivity index (χ4v) is 8.20. The second-order valence-electron chi connectivity index (χ2n) is 12.5. The highest BCUT2D eigenvalue weighted by molar-refractivity contribution is 7.25. The van der Waals surface area contributed by atoms with E-state index in [-0.39, 0.29) is 0 Å². The van der Waals surface area contributed by atoms with Crippen LogP contribution in [0, 0.1) is 0 Å². The summed E-state index contributed by atoms with van der Waals surface area (Å²) in [6, 6.07) is 72.4. The number of nitrogens with zero attached hydrogens (tertiary/aromatic N) is 1. The minimum Gasteiger partial charge on any atom is -0.310 e. The Labute approximate surface area is 297 Å². The van der Waals surface area contributed by atoms with Crippen LogP contribution in [-0.4, -0.2) is 0 Å². The van der Waals surface area contributed by atoms with E-state index in [1.807, 2.05) is 11.3 Å². The normalized spacial score (nSPS) is 11.2. The Hall–Kier alpha value is -6.22. The van der Waals surface area contributed by atoms with Gasteiger partial charge in [0.15, 0.2) is 0 Å². The SMILES string of the molecule is c1ccc(-c2ccc(-c3c(-c4ccccc4)cccc3N(c3ccc(-c4ccccc4)cc3)c3ccc4c(c3)sc3ccccc34)cc2)cc1. The smallest absolute Gasteiger partial charge is 0.0546 e. The van der Waals surface area contributed by atoms with Gasteiger partial charge in [-0.1, -0.05) is 164 Å². The molecule has 0 amide bonds. The molecule has 0 aliphatic carbocycles. The predicted octanol–water partition coefficient (Wildman–Crippen LogP) is 14.2. The summed E-state index contributed by atoms with van der Waals surface area (Å²) in [5.41, 5.74) is 13.0. The van der Waals surface area contributed by atoms with Crippen LogP contribution in [-0.2, 0) is 0 Å². The second kappa shape index (κ2) is 13.0. The number of rotatable bonds is 7. The van der Waals surface area contributed by atoms with Gasteiger partial charge < -0.3 is 4.90 Å². The molecule has 0 radical (unpaired) electrons. The van der Waals surface area contributed by atoms with Gasteiger partial charge in [0, 0.05) is 37.1 Å². The summed E-state index contributed by atoms with van der Waals surface area (Å²) in [6.07, 6.45) is 0. The van der Waals surface area contributed by atoms with Crippen LogP contribution in [0.25, 0.3) is 64.7 Å². The first kappa shape index (κ1) is 29.9. The molecule has 0 aliphatic rings. The molecule has 1 nitrogen and oxygen atoms in total. The summed E-state index contributed by atoms with van der Waals surface area (Å²) in [6.45, 7) is 0. The van der Waals surface area contributed by atoms with Gasteiger partial charge in [0.2, 0.25) is 0 Å². The summed E-state index contributed by atoms with van der Waals surface area (Å²) in [5.74, 6) is 0. The maximum atomic E-state index is 2.44. The highest BCUT2D eigenvalue weighted by Crippen LogP contribution is 2.47. The van der Waals surface area contributed by atoms with Gasteiger partial charge in [0.1, 0.15) is 0 Å². The zero-order valence-electron chi connectivity index (χ0n) is 27.4. The molecule has 0 saturated carbocycles. The van der Waals surface area contributed by atoms with Gasteiger partial charge in [-0.2, -0.15) is 0 Å². The molecule has 0 saturated heterocycles. The quantitative estimate of drug-likeness (QED) is 0.165. The van der Waals surface area contributed by atoms with E-state index in [0.717, 1.165) is 17.1 Å². The van der Waals surface area contributed by atoms with Crippen LogP contribution in [0.2, 0.25) is 0 Å². The lowest BCUT2D eigenvalue weighted by molar-refractivity contribution is 1.29. The van der Waals surface area contributed by atoms with Gasteiger partial charge >= 0.3 is 0 Å². The predicted molar refractivity (Wildman–Crippen MR) is 216 cm³/mol. The van der Waals surface area contributed by atoms with E-state index in [0.29, 0.717) is 0 Å². The highest BCUT2D eigenvalue weighted by Gasteiger charge is 2.21. The monoisotopic (exact) mass is 655 g/mol. The summed E-state index contributed by atoms with van der Waals surface area (Å²) in [7, 11) is 0. The molecule has 0 unspecified atom stereocenters. The van der Waals surface area contributed by atoms with Crippen LogP contribution in [0.4, 0.5) is 17.1 Å². The minimum atomic E-state index is 1.11. The van der Waals surface area contributed by atoms with Crippen LogP contribution in [0.15, 0.2) is 200 Å². The van der Waals surface area contributed by atoms with Crippen molar-refractivity contribution in [3.63, 3.8) is 0 Å². The van der Waals surface area contributed by atoms with E-state index in [1.165, 1.54) is 64.7 Å². The molecule has 236 valence electrons. The summed E-state index contributed by atoms with van der Waals surface area (Å²) < 4.78 is 2.59. The third kappa shape index (κ3) is 5.56. The molecule has 1 heterocycles. The fourth-order valence-electron chi connectivity index (χ4n) is 7.06. The molecule has 2 heteroatoms. The van der Waals surface area contributed by atoms with Crippen LogP contribution in [0.1, 0.15) is 0 Å². The maximum Gasteiger partial charge on any atom is 0.0546 e. The van der Waals surface area contributed by atoms with Crippen molar-refractivity contribution < 1.29 is 0 Å². The first-order chi connectivity index (χ1) is 24.8. The Morgan fingerprint density at radius 2 is 0.820 bits per heavy atom. The standard InChI is InChI=1S/C48H33NS/c1-4-13-34(14-5-1)36-23-25-39(26-24-36)48-42(38-17-8-3-9-18-38)20-12-21-45(48)49(40-29-27-37(28-30-40)35-15-6-2-7-16-35)41-31-32-44-43-19-10-11-22-46(43)50-47(44)33-41/h1-33H. The van der Waals surface area contributed by atoms with Gasteiger partial charge in [-0.3, -0.25) is 0 Å². The molecule has 0 spiro atoms. The van der Waals surface area contributed by atoms with E-state index in [2.05, 4.69) is 205 Å². The molecule has 0 bridgehead atoms. The molecule has 8 aromatic carbocycles. The number of thiophene rings is 1. The van der Waals surface area contributed by atoms with Gasteiger partial charge in [-0.15, -0.1) is 11.3 Å². The van der Waals surface area contributed by atoms with Gasteiger partial charge in [0.25, 0.3) is 0 Å². The minimum absolute atomic E-state index is 1.11. The van der Waals surface area contributed by atoms with Crippen molar-refractivity contribution in [2.45, 2.75) is 0 Å². The Balaban J connectivity index is 1.27. The lowest BCUT2D eigenvalue weighted by Crippen LogP contribution is -2.11. The molecular weight excluding hydrogens is 623 g/mol. The molecular formula is C48H33NS. The van der Waals surface area contributed by atoms with Gasteiger partial charge in [0.05, 0.1) is 5.69 Å². The largest absolute Gasteiger partial charge is 0.310 e. The van der Waals surface area contributed by atoms with E-state index in [9.17, 15) is 0 Å². The van der Waals surface area contributed by atoms with Gasteiger partial charge in [-0.25, -0.2) is 0 Å².